The SMILES string of the molecule is CN(C)c1ccc(C(=O)NC2(c3ccccc3)CC2)cc1[N+](=O)[O-]. The number of hydrogen-bond donors (Lipinski definition) is 1. The number of amides is 1. The van der Waals surface area contributed by atoms with Gasteiger partial charge >= 0.3 is 0 Å². The van der Waals surface area contributed by atoms with Gasteiger partial charge in [-0.3, -0.25) is 14.9 Å². The van der Waals surface area contributed by atoms with Crippen LogP contribution in [0.1, 0.15) is 28.8 Å². The molecule has 1 amide bonds. The van der Waals surface area contributed by atoms with Crippen LogP contribution in [-0.4, -0.2) is 24.9 Å². The molecule has 1 aliphatic carbocycles. The second kappa shape index (κ2) is 5.96. The molecule has 1 N–H and O–H groups in total. The van der Waals surface area contributed by atoms with E-state index in [-0.39, 0.29) is 17.1 Å². The summed E-state index contributed by atoms with van der Waals surface area (Å²) in [5, 5.41) is 14.3. The van der Waals surface area contributed by atoms with E-state index < -0.39 is 4.92 Å². The van der Waals surface area contributed by atoms with Gasteiger partial charge in [-0.2, -0.15) is 0 Å². The van der Waals surface area contributed by atoms with E-state index in [0.29, 0.717) is 11.3 Å². The molecule has 0 radical (unpaired) electrons. The number of carbonyl (C=O) groups excluding carboxylic acids is 1. The fourth-order valence-corrected chi connectivity index (χ4v) is 2.85. The van der Waals surface area contributed by atoms with E-state index in [1.165, 1.54) is 6.07 Å². The summed E-state index contributed by atoms with van der Waals surface area (Å²) in [7, 11) is 3.47. The van der Waals surface area contributed by atoms with Crippen LogP contribution < -0.4 is 10.2 Å². The zero-order valence-corrected chi connectivity index (χ0v) is 13.7. The lowest BCUT2D eigenvalue weighted by Gasteiger charge is -2.18. The summed E-state index contributed by atoms with van der Waals surface area (Å²) in [5.41, 5.74) is 1.43. The molecule has 1 saturated carbocycles. The van der Waals surface area contributed by atoms with Gasteiger partial charge in [0.1, 0.15) is 5.69 Å². The lowest BCUT2D eigenvalue weighted by atomic mass is 10.0. The van der Waals surface area contributed by atoms with E-state index in [2.05, 4.69) is 5.32 Å². The number of nitro groups is 1. The Morgan fingerprint density at radius 2 is 1.83 bits per heavy atom. The van der Waals surface area contributed by atoms with Crippen LogP contribution in [0, 0.1) is 10.1 Å². The molecule has 24 heavy (non-hydrogen) atoms. The molecule has 0 saturated heterocycles. The third kappa shape index (κ3) is 2.95. The van der Waals surface area contributed by atoms with Gasteiger partial charge in [-0.05, 0) is 30.5 Å². The average Bonchev–Trinajstić information content (AvgIpc) is 3.35. The molecule has 2 aromatic carbocycles. The number of benzene rings is 2. The van der Waals surface area contributed by atoms with Crippen molar-refractivity contribution in [3.05, 3.63) is 69.8 Å². The fraction of sp³-hybridized carbons (Fsp3) is 0.278. The van der Waals surface area contributed by atoms with Crippen molar-refractivity contribution in [1.29, 1.82) is 0 Å². The normalized spacial score (nSPS) is 14.8. The first-order valence-corrected chi connectivity index (χ1v) is 7.77. The lowest BCUT2D eigenvalue weighted by Crippen LogP contribution is -2.34. The van der Waals surface area contributed by atoms with Crippen molar-refractivity contribution in [2.24, 2.45) is 0 Å². The summed E-state index contributed by atoms with van der Waals surface area (Å²) < 4.78 is 0. The van der Waals surface area contributed by atoms with Crippen LogP contribution >= 0.6 is 0 Å². The first kappa shape index (κ1) is 16.0. The Labute approximate surface area is 140 Å². The zero-order chi connectivity index (χ0) is 17.3. The molecule has 0 unspecified atom stereocenters. The van der Waals surface area contributed by atoms with E-state index in [1.807, 2.05) is 30.3 Å². The smallest absolute Gasteiger partial charge is 0.293 e. The van der Waals surface area contributed by atoms with E-state index in [4.69, 9.17) is 0 Å². The maximum Gasteiger partial charge on any atom is 0.293 e. The Bertz CT molecular complexity index is 783. The van der Waals surface area contributed by atoms with Crippen LogP contribution in [0.3, 0.4) is 0 Å². The van der Waals surface area contributed by atoms with E-state index >= 15 is 0 Å². The number of nitro benzene ring substituents is 1. The van der Waals surface area contributed by atoms with Crippen LogP contribution in [-0.2, 0) is 5.54 Å². The average molecular weight is 325 g/mol. The predicted octanol–water partition coefficient (Wildman–Crippen LogP) is 3.08. The minimum absolute atomic E-state index is 0.0720. The van der Waals surface area contributed by atoms with E-state index in [9.17, 15) is 14.9 Å². The van der Waals surface area contributed by atoms with Crippen molar-refractivity contribution in [3.63, 3.8) is 0 Å². The highest BCUT2D eigenvalue weighted by atomic mass is 16.6. The topological polar surface area (TPSA) is 75.5 Å². The Morgan fingerprint density at radius 1 is 1.17 bits per heavy atom. The highest BCUT2D eigenvalue weighted by Gasteiger charge is 2.45. The molecule has 0 aromatic heterocycles. The Morgan fingerprint density at radius 3 is 2.38 bits per heavy atom. The van der Waals surface area contributed by atoms with Gasteiger partial charge in [0.25, 0.3) is 11.6 Å². The number of nitrogens with zero attached hydrogens (tertiary/aromatic N) is 2. The molecule has 0 spiro atoms. The summed E-state index contributed by atoms with van der Waals surface area (Å²) in [6.07, 6.45) is 1.75. The molecule has 6 heteroatoms. The molecule has 0 atom stereocenters. The molecule has 6 nitrogen and oxygen atoms in total. The van der Waals surface area contributed by atoms with Crippen molar-refractivity contribution >= 4 is 17.3 Å². The number of anilines is 1. The van der Waals surface area contributed by atoms with Gasteiger partial charge in [-0.25, -0.2) is 0 Å². The third-order valence-corrected chi connectivity index (χ3v) is 4.35. The minimum Gasteiger partial charge on any atom is -0.372 e. The predicted molar refractivity (Wildman–Crippen MR) is 92.2 cm³/mol. The molecule has 1 fully saturated rings. The van der Waals surface area contributed by atoms with Crippen LogP contribution in [0.4, 0.5) is 11.4 Å². The molecule has 3 rings (SSSR count). The Hall–Kier alpha value is -2.89. The molecule has 2 aromatic rings. The summed E-state index contributed by atoms with van der Waals surface area (Å²) in [4.78, 5) is 25.0. The summed E-state index contributed by atoms with van der Waals surface area (Å²) in [6, 6.07) is 14.4. The van der Waals surface area contributed by atoms with Crippen molar-refractivity contribution in [1.82, 2.24) is 5.32 Å². The second-order valence-corrected chi connectivity index (χ2v) is 6.26. The first-order valence-electron chi connectivity index (χ1n) is 7.77. The summed E-state index contributed by atoms with van der Waals surface area (Å²) in [6.45, 7) is 0. The minimum atomic E-state index is -0.462. The second-order valence-electron chi connectivity index (χ2n) is 6.26. The highest BCUT2D eigenvalue weighted by Crippen LogP contribution is 2.45. The molecular formula is C18H19N3O3. The first-order chi connectivity index (χ1) is 11.4. The van der Waals surface area contributed by atoms with Crippen molar-refractivity contribution in [2.45, 2.75) is 18.4 Å². The fourth-order valence-electron chi connectivity index (χ4n) is 2.85. The van der Waals surface area contributed by atoms with E-state index in [1.54, 1.807) is 31.1 Å². The highest BCUT2D eigenvalue weighted by molar-refractivity contribution is 5.96. The van der Waals surface area contributed by atoms with Gasteiger partial charge in [-0.1, -0.05) is 30.3 Å². The monoisotopic (exact) mass is 325 g/mol. The largest absolute Gasteiger partial charge is 0.372 e. The van der Waals surface area contributed by atoms with Crippen molar-refractivity contribution < 1.29 is 9.72 Å². The van der Waals surface area contributed by atoms with Gasteiger partial charge in [0.2, 0.25) is 0 Å². The third-order valence-electron chi connectivity index (χ3n) is 4.35. The molecule has 0 heterocycles. The molecular weight excluding hydrogens is 306 g/mol. The van der Waals surface area contributed by atoms with Gasteiger partial charge in [-0.15, -0.1) is 0 Å². The van der Waals surface area contributed by atoms with Crippen LogP contribution in [0.25, 0.3) is 0 Å². The zero-order valence-electron chi connectivity index (χ0n) is 13.7. The summed E-state index contributed by atoms with van der Waals surface area (Å²) in [5.74, 6) is -0.287. The van der Waals surface area contributed by atoms with Gasteiger partial charge in [0.05, 0.1) is 10.5 Å². The van der Waals surface area contributed by atoms with Crippen molar-refractivity contribution in [3.8, 4) is 0 Å². The molecule has 0 bridgehead atoms. The Kier molecular flexibility index (Phi) is 3.97. The van der Waals surface area contributed by atoms with Crippen LogP contribution in [0.2, 0.25) is 0 Å². The summed E-state index contributed by atoms with van der Waals surface area (Å²) >= 11 is 0. The molecule has 1 aliphatic rings. The van der Waals surface area contributed by atoms with Crippen LogP contribution in [0.5, 0.6) is 0 Å². The molecule has 0 aliphatic heterocycles. The van der Waals surface area contributed by atoms with E-state index in [0.717, 1.165) is 18.4 Å². The lowest BCUT2D eigenvalue weighted by molar-refractivity contribution is -0.384. The van der Waals surface area contributed by atoms with Gasteiger partial charge < -0.3 is 10.2 Å². The van der Waals surface area contributed by atoms with Crippen molar-refractivity contribution in [2.75, 3.05) is 19.0 Å². The number of rotatable bonds is 5. The van der Waals surface area contributed by atoms with Crippen LogP contribution in [0.15, 0.2) is 48.5 Å². The maximum atomic E-state index is 12.6. The Balaban J connectivity index is 1.86. The number of carbonyl (C=O) groups is 1. The molecule has 124 valence electrons. The van der Waals surface area contributed by atoms with Gasteiger partial charge in [0, 0.05) is 25.7 Å². The van der Waals surface area contributed by atoms with Gasteiger partial charge in [0.15, 0.2) is 0 Å². The quantitative estimate of drug-likeness (QED) is 0.677. The standard InChI is InChI=1S/C18H19N3O3/c1-20(2)15-9-8-13(12-16(15)21(23)24)17(22)19-18(10-11-18)14-6-4-3-5-7-14/h3-9,12H,10-11H2,1-2H3,(H,19,22). The number of nitrogens with one attached hydrogen (secondary N) is 1. The maximum absolute atomic E-state index is 12.6. The number of hydrogen-bond acceptors (Lipinski definition) is 4.